The van der Waals surface area contributed by atoms with Gasteiger partial charge in [-0.3, -0.25) is 4.79 Å². The zero-order valence-electron chi connectivity index (χ0n) is 28.0. The number of allylic oxidation sites excluding steroid dienone is 1. The SMILES string of the molecule is C=CCCC[C@@H]1CCC[C@]1(C)OC(=O)N[C@H](C(=O)N1C[C@H](Oc2cc3cc(OC)ccc3nc2C=C)C[C@H]1C(=O)OC)C1CCCC1. The van der Waals surface area contributed by atoms with E-state index < -0.39 is 35.9 Å². The number of unbranched alkanes of at least 4 members (excludes halogenated alkanes) is 1. The van der Waals surface area contributed by atoms with Crippen molar-refractivity contribution in [2.45, 2.75) is 101 Å². The Balaban J connectivity index is 1.34. The standard InChI is InChI=1S/C37H49N3O7/c1-6-8-9-15-26-16-12-19-37(26,3)47-36(43)39-33(24-13-10-11-14-24)34(41)40-23-28(22-31(40)35(42)45-5)46-32-21-25-20-27(44-4)17-18-30(25)38-29(32)7-2/h6-7,17-18,20-21,24,26,28,31,33H,1-2,8-16,19,22-23H2,3-5H3,(H,39,43)/t26-,28-,31+,33+,37+/m1/s1. The van der Waals surface area contributed by atoms with Crippen molar-refractivity contribution in [2.75, 3.05) is 20.8 Å². The maximum absolute atomic E-state index is 14.4. The molecule has 2 aromatic rings. The number of hydrogen-bond acceptors (Lipinski definition) is 8. The van der Waals surface area contributed by atoms with E-state index in [-0.39, 0.29) is 30.7 Å². The molecule has 1 aromatic heterocycles. The molecule has 2 saturated carbocycles. The first kappa shape index (κ1) is 34.3. The quantitative estimate of drug-likeness (QED) is 0.147. The Kier molecular flexibility index (Phi) is 11.1. The average molecular weight is 648 g/mol. The van der Waals surface area contributed by atoms with Crippen molar-refractivity contribution in [2.24, 2.45) is 11.8 Å². The lowest BCUT2D eigenvalue weighted by Gasteiger charge is -2.34. The van der Waals surface area contributed by atoms with Crippen LogP contribution in [0.5, 0.6) is 11.5 Å². The van der Waals surface area contributed by atoms with Crippen molar-refractivity contribution in [1.82, 2.24) is 15.2 Å². The molecule has 1 N–H and O–H groups in total. The molecule has 47 heavy (non-hydrogen) atoms. The van der Waals surface area contributed by atoms with Gasteiger partial charge in [0.15, 0.2) is 0 Å². The number of pyridine rings is 1. The molecule has 1 saturated heterocycles. The van der Waals surface area contributed by atoms with Gasteiger partial charge in [-0.25, -0.2) is 14.6 Å². The first-order chi connectivity index (χ1) is 22.7. The largest absolute Gasteiger partial charge is 0.497 e. The Morgan fingerprint density at radius 3 is 2.62 bits per heavy atom. The zero-order chi connectivity index (χ0) is 33.6. The van der Waals surface area contributed by atoms with Gasteiger partial charge in [0.05, 0.1) is 26.3 Å². The van der Waals surface area contributed by atoms with Crippen molar-refractivity contribution in [3.63, 3.8) is 0 Å². The lowest BCUT2D eigenvalue weighted by molar-refractivity contribution is -0.152. The van der Waals surface area contributed by atoms with Crippen LogP contribution in [0.3, 0.4) is 0 Å². The molecule has 3 fully saturated rings. The molecule has 0 bridgehead atoms. The molecule has 2 amide bonds. The molecule has 254 valence electrons. The minimum atomic E-state index is -0.860. The number of carbonyl (C=O) groups excluding carboxylic acids is 3. The number of amides is 2. The monoisotopic (exact) mass is 647 g/mol. The van der Waals surface area contributed by atoms with E-state index >= 15 is 0 Å². The van der Waals surface area contributed by atoms with E-state index in [2.05, 4.69) is 23.5 Å². The molecule has 1 aromatic carbocycles. The maximum atomic E-state index is 14.4. The number of fused-ring (bicyclic) bond motifs is 1. The van der Waals surface area contributed by atoms with Gasteiger partial charge in [0.2, 0.25) is 5.91 Å². The van der Waals surface area contributed by atoms with Crippen LogP contribution in [-0.4, -0.2) is 72.4 Å². The van der Waals surface area contributed by atoms with Gasteiger partial charge in [-0.05, 0) is 100 Å². The van der Waals surface area contributed by atoms with Gasteiger partial charge in [-0.1, -0.05) is 25.5 Å². The first-order valence-corrected chi connectivity index (χ1v) is 17.0. The number of hydrogen-bond donors (Lipinski definition) is 1. The summed E-state index contributed by atoms with van der Waals surface area (Å²) in [4.78, 5) is 47.1. The van der Waals surface area contributed by atoms with Crippen LogP contribution < -0.4 is 14.8 Å². The second-order valence-corrected chi connectivity index (χ2v) is 13.3. The Labute approximate surface area is 277 Å². The van der Waals surface area contributed by atoms with E-state index in [4.69, 9.17) is 18.9 Å². The molecule has 10 heteroatoms. The number of ether oxygens (including phenoxy) is 4. The third-order valence-electron chi connectivity index (χ3n) is 10.3. The molecule has 2 heterocycles. The minimum Gasteiger partial charge on any atom is -0.497 e. The van der Waals surface area contributed by atoms with Gasteiger partial charge >= 0.3 is 12.1 Å². The second kappa shape index (κ2) is 15.2. The van der Waals surface area contributed by atoms with E-state index in [9.17, 15) is 14.4 Å². The highest BCUT2D eigenvalue weighted by atomic mass is 16.6. The summed E-state index contributed by atoms with van der Waals surface area (Å²) < 4.78 is 23.1. The second-order valence-electron chi connectivity index (χ2n) is 13.3. The van der Waals surface area contributed by atoms with Crippen LogP contribution in [0, 0.1) is 11.8 Å². The lowest BCUT2D eigenvalue weighted by atomic mass is 9.88. The fourth-order valence-corrected chi connectivity index (χ4v) is 7.70. The summed E-state index contributed by atoms with van der Waals surface area (Å²) in [5, 5.41) is 3.79. The van der Waals surface area contributed by atoms with Crippen LogP contribution >= 0.6 is 0 Å². The van der Waals surface area contributed by atoms with Gasteiger partial charge in [-0.2, -0.15) is 0 Å². The number of nitrogens with one attached hydrogen (secondary N) is 1. The normalized spacial score (nSPS) is 24.9. The summed E-state index contributed by atoms with van der Waals surface area (Å²) in [6, 6.07) is 5.76. The van der Waals surface area contributed by atoms with Gasteiger partial charge in [-0.15, -0.1) is 6.58 Å². The van der Waals surface area contributed by atoms with E-state index in [1.165, 1.54) is 12.0 Å². The number of rotatable bonds is 13. The number of aromatic nitrogens is 1. The van der Waals surface area contributed by atoms with Gasteiger partial charge in [0.1, 0.15) is 41.0 Å². The number of alkyl carbamates (subject to hydrolysis) is 1. The highest BCUT2D eigenvalue weighted by molar-refractivity contribution is 5.91. The topological polar surface area (TPSA) is 116 Å². The van der Waals surface area contributed by atoms with Gasteiger partial charge < -0.3 is 29.2 Å². The number of nitrogens with zero attached hydrogens (tertiary/aromatic N) is 2. The number of benzene rings is 1. The molecule has 0 spiro atoms. The molecule has 1 aliphatic heterocycles. The molecule has 0 radical (unpaired) electrons. The Morgan fingerprint density at radius 2 is 1.91 bits per heavy atom. The van der Waals surface area contributed by atoms with Crippen molar-refractivity contribution in [1.29, 1.82) is 0 Å². The van der Waals surface area contributed by atoms with Gasteiger partial charge in [0.25, 0.3) is 0 Å². The first-order valence-electron chi connectivity index (χ1n) is 17.0. The summed E-state index contributed by atoms with van der Waals surface area (Å²) in [6.07, 6.45) is 11.9. The average Bonchev–Trinajstić information content (AvgIpc) is 3.83. The molecule has 2 aliphatic carbocycles. The Morgan fingerprint density at radius 1 is 1.13 bits per heavy atom. The highest BCUT2D eigenvalue weighted by Gasteiger charge is 2.47. The van der Waals surface area contributed by atoms with Crippen molar-refractivity contribution in [3.8, 4) is 11.5 Å². The van der Waals surface area contributed by atoms with E-state index in [0.717, 1.165) is 75.1 Å². The van der Waals surface area contributed by atoms with E-state index in [1.807, 2.05) is 37.3 Å². The molecule has 5 atom stereocenters. The summed E-state index contributed by atoms with van der Waals surface area (Å²) >= 11 is 0. The number of carbonyl (C=O) groups is 3. The number of likely N-dealkylation sites (tertiary alicyclic amines) is 1. The smallest absolute Gasteiger partial charge is 0.408 e. The van der Waals surface area contributed by atoms with E-state index in [0.29, 0.717) is 17.2 Å². The van der Waals surface area contributed by atoms with Crippen LogP contribution in [-0.2, 0) is 19.1 Å². The van der Waals surface area contributed by atoms with Crippen LogP contribution in [0.4, 0.5) is 4.79 Å². The fraction of sp³-hybridized carbons (Fsp3) is 0.568. The maximum Gasteiger partial charge on any atom is 0.408 e. The molecule has 0 unspecified atom stereocenters. The predicted octanol–water partition coefficient (Wildman–Crippen LogP) is 6.61. The predicted molar refractivity (Wildman–Crippen MR) is 180 cm³/mol. The van der Waals surface area contributed by atoms with Crippen LogP contribution in [0.15, 0.2) is 43.5 Å². The molecule has 10 nitrogen and oxygen atoms in total. The molecule has 3 aliphatic rings. The van der Waals surface area contributed by atoms with Crippen LogP contribution in [0.2, 0.25) is 0 Å². The van der Waals surface area contributed by atoms with Gasteiger partial charge in [0, 0.05) is 11.8 Å². The molecular weight excluding hydrogens is 598 g/mol. The Bertz CT molecular complexity index is 1470. The zero-order valence-corrected chi connectivity index (χ0v) is 28.0. The third-order valence-corrected chi connectivity index (χ3v) is 10.3. The van der Waals surface area contributed by atoms with E-state index in [1.54, 1.807) is 13.2 Å². The minimum absolute atomic E-state index is 0.0554. The summed E-state index contributed by atoms with van der Waals surface area (Å²) in [6.45, 7) is 9.88. The summed E-state index contributed by atoms with van der Waals surface area (Å²) in [5.41, 5.74) is 0.727. The molecular formula is C37H49N3O7. The highest BCUT2D eigenvalue weighted by Crippen LogP contribution is 2.42. The summed E-state index contributed by atoms with van der Waals surface area (Å²) in [7, 11) is 2.92. The number of methoxy groups -OCH3 is 2. The lowest BCUT2D eigenvalue weighted by Crippen LogP contribution is -2.55. The Hall–Kier alpha value is -4.08. The van der Waals surface area contributed by atoms with Crippen LogP contribution in [0.1, 0.15) is 83.2 Å². The van der Waals surface area contributed by atoms with Crippen LogP contribution in [0.25, 0.3) is 17.0 Å². The summed E-state index contributed by atoms with van der Waals surface area (Å²) in [5.74, 6) is 0.544. The van der Waals surface area contributed by atoms with Crippen molar-refractivity contribution < 1.29 is 33.3 Å². The number of esters is 1. The van der Waals surface area contributed by atoms with Crippen molar-refractivity contribution >= 4 is 34.9 Å². The van der Waals surface area contributed by atoms with Crippen molar-refractivity contribution in [3.05, 3.63) is 49.2 Å². The third kappa shape index (κ3) is 7.74. The fourth-order valence-electron chi connectivity index (χ4n) is 7.70. The molecule has 5 rings (SSSR count).